The van der Waals surface area contributed by atoms with Crippen LogP contribution in [0, 0.1) is 31.6 Å². The minimum atomic E-state index is -3.11. The number of aromatic nitrogens is 2. The molecule has 0 spiro atoms. The van der Waals surface area contributed by atoms with Crippen molar-refractivity contribution < 1.29 is 13.2 Å². The number of benzene rings is 1. The zero-order valence-corrected chi connectivity index (χ0v) is 23.7. The minimum Gasteiger partial charge on any atom is -0.338 e. The van der Waals surface area contributed by atoms with Gasteiger partial charge in [0, 0.05) is 39.3 Å². The van der Waals surface area contributed by atoms with Crippen LogP contribution in [0.15, 0.2) is 36.7 Å². The van der Waals surface area contributed by atoms with Crippen LogP contribution in [0.1, 0.15) is 59.4 Å². The highest BCUT2D eigenvalue weighted by molar-refractivity contribution is 7.89. The van der Waals surface area contributed by atoms with Crippen LogP contribution < -0.4 is 0 Å². The van der Waals surface area contributed by atoms with Gasteiger partial charge < -0.3 is 9.80 Å². The van der Waals surface area contributed by atoms with Crippen LogP contribution in [0.2, 0.25) is 0 Å². The van der Waals surface area contributed by atoms with E-state index < -0.39 is 10.0 Å². The summed E-state index contributed by atoms with van der Waals surface area (Å²) in [6.07, 6.45) is 4.44. The Bertz CT molecular complexity index is 1200. The highest BCUT2D eigenvalue weighted by Gasteiger charge is 2.42. The number of carbonyl (C=O) groups excluding carboxylic acids is 1. The van der Waals surface area contributed by atoms with E-state index in [9.17, 15) is 13.2 Å². The third-order valence-corrected chi connectivity index (χ3v) is 11.0. The molecule has 1 unspecified atom stereocenters. The Balaban J connectivity index is 1.18. The van der Waals surface area contributed by atoms with E-state index in [4.69, 9.17) is 0 Å². The third kappa shape index (κ3) is 5.65. The van der Waals surface area contributed by atoms with Crippen LogP contribution in [-0.2, 0) is 10.0 Å². The molecule has 8 nitrogen and oxygen atoms in total. The van der Waals surface area contributed by atoms with Crippen molar-refractivity contribution in [3.63, 3.8) is 0 Å². The Morgan fingerprint density at radius 3 is 2.16 bits per heavy atom. The van der Waals surface area contributed by atoms with E-state index >= 15 is 0 Å². The Morgan fingerprint density at radius 1 is 0.974 bits per heavy atom. The SMILES string of the molecule is CCS(=O)(=O)N1CCC(C(CCN2C[C@@H]3CN(C(=O)c4c(C)ncnc4C)C[C@@H]3C2)c2ccccc2)CC1. The third-order valence-electron chi connectivity index (χ3n) is 9.10. The Hall–Kier alpha value is -2.36. The number of hydrogen-bond acceptors (Lipinski definition) is 6. The average Bonchev–Trinajstić information content (AvgIpc) is 3.49. The molecule has 3 saturated heterocycles. The predicted molar refractivity (Wildman–Crippen MR) is 148 cm³/mol. The summed E-state index contributed by atoms with van der Waals surface area (Å²) in [6.45, 7) is 11.5. The quantitative estimate of drug-likeness (QED) is 0.512. The number of sulfonamides is 1. The van der Waals surface area contributed by atoms with Gasteiger partial charge in [-0.2, -0.15) is 0 Å². The Kier molecular flexibility index (Phi) is 8.16. The molecule has 5 rings (SSSR count). The monoisotopic (exact) mass is 539 g/mol. The molecule has 4 heterocycles. The first kappa shape index (κ1) is 27.2. The van der Waals surface area contributed by atoms with E-state index in [1.165, 1.54) is 11.9 Å². The Morgan fingerprint density at radius 2 is 1.58 bits per heavy atom. The topological polar surface area (TPSA) is 86.7 Å². The molecule has 0 N–H and O–H groups in total. The van der Waals surface area contributed by atoms with E-state index in [0.717, 1.165) is 63.4 Å². The second kappa shape index (κ2) is 11.4. The summed E-state index contributed by atoms with van der Waals surface area (Å²) in [5.74, 6) is 2.21. The van der Waals surface area contributed by atoms with Gasteiger partial charge in [-0.15, -0.1) is 0 Å². The van der Waals surface area contributed by atoms with Crippen molar-refractivity contribution >= 4 is 15.9 Å². The number of nitrogens with zero attached hydrogens (tertiary/aromatic N) is 5. The summed E-state index contributed by atoms with van der Waals surface area (Å²) in [5, 5.41) is 0. The number of rotatable bonds is 8. The van der Waals surface area contributed by atoms with Gasteiger partial charge >= 0.3 is 0 Å². The molecule has 3 aliphatic rings. The van der Waals surface area contributed by atoms with Crippen molar-refractivity contribution in [3.05, 3.63) is 59.2 Å². The van der Waals surface area contributed by atoms with Gasteiger partial charge in [-0.25, -0.2) is 22.7 Å². The lowest BCUT2D eigenvalue weighted by atomic mass is 9.78. The van der Waals surface area contributed by atoms with Crippen LogP contribution in [0.3, 0.4) is 0 Å². The van der Waals surface area contributed by atoms with Crippen molar-refractivity contribution in [1.82, 2.24) is 24.1 Å². The summed E-state index contributed by atoms with van der Waals surface area (Å²) >= 11 is 0. The summed E-state index contributed by atoms with van der Waals surface area (Å²) in [6, 6.07) is 10.8. The number of carbonyl (C=O) groups is 1. The normalized spacial score (nSPS) is 24.0. The second-order valence-electron chi connectivity index (χ2n) is 11.4. The van der Waals surface area contributed by atoms with Gasteiger partial charge in [0.2, 0.25) is 10.0 Å². The van der Waals surface area contributed by atoms with Gasteiger partial charge in [0.15, 0.2) is 0 Å². The molecule has 0 radical (unpaired) electrons. The van der Waals surface area contributed by atoms with Gasteiger partial charge in [-0.05, 0) is 75.8 Å². The van der Waals surface area contributed by atoms with Crippen molar-refractivity contribution in [2.75, 3.05) is 51.6 Å². The van der Waals surface area contributed by atoms with Crippen molar-refractivity contribution in [2.24, 2.45) is 17.8 Å². The molecule has 3 fully saturated rings. The molecule has 1 amide bonds. The fourth-order valence-corrected chi connectivity index (χ4v) is 8.07. The van der Waals surface area contributed by atoms with Crippen LogP contribution in [0.25, 0.3) is 0 Å². The number of piperidine rings is 1. The molecule has 0 aliphatic carbocycles. The van der Waals surface area contributed by atoms with E-state index in [1.807, 2.05) is 18.7 Å². The fourth-order valence-electron chi connectivity index (χ4n) is 6.93. The summed E-state index contributed by atoms with van der Waals surface area (Å²) in [5.41, 5.74) is 3.54. The number of amides is 1. The van der Waals surface area contributed by atoms with Gasteiger partial charge in [-0.3, -0.25) is 4.79 Å². The van der Waals surface area contributed by atoms with Crippen molar-refractivity contribution in [2.45, 2.75) is 46.0 Å². The maximum Gasteiger partial charge on any atom is 0.257 e. The van der Waals surface area contributed by atoms with Crippen LogP contribution in [0.5, 0.6) is 0 Å². The maximum atomic E-state index is 13.2. The van der Waals surface area contributed by atoms with Crippen LogP contribution >= 0.6 is 0 Å². The molecule has 206 valence electrons. The highest BCUT2D eigenvalue weighted by Crippen LogP contribution is 2.38. The molecule has 3 aliphatic heterocycles. The predicted octanol–water partition coefficient (Wildman–Crippen LogP) is 3.33. The zero-order valence-electron chi connectivity index (χ0n) is 22.9. The van der Waals surface area contributed by atoms with Gasteiger partial charge in [0.05, 0.1) is 22.7 Å². The molecule has 0 saturated carbocycles. The average molecular weight is 540 g/mol. The van der Waals surface area contributed by atoms with E-state index in [-0.39, 0.29) is 11.7 Å². The first-order chi connectivity index (χ1) is 18.3. The molecular formula is C29H41N5O3S. The summed E-state index contributed by atoms with van der Waals surface area (Å²) < 4.78 is 26.4. The zero-order chi connectivity index (χ0) is 26.9. The number of hydrogen-bond donors (Lipinski definition) is 0. The molecule has 1 aromatic heterocycles. The van der Waals surface area contributed by atoms with Crippen molar-refractivity contribution in [3.8, 4) is 0 Å². The first-order valence-electron chi connectivity index (χ1n) is 14.1. The standard InChI is InChI=1S/C29H41N5O3S/c1-4-38(36,37)34-14-10-24(11-15-34)27(23-8-6-5-7-9-23)12-13-32-16-25-18-33(19-26(25)17-32)29(35)28-21(2)30-20-31-22(28)3/h5-9,20,24-27H,4,10-19H2,1-3H3/t25-,26+,27?. The highest BCUT2D eigenvalue weighted by atomic mass is 32.2. The second-order valence-corrected chi connectivity index (χ2v) is 13.6. The van der Waals surface area contributed by atoms with E-state index in [0.29, 0.717) is 42.3 Å². The van der Waals surface area contributed by atoms with Gasteiger partial charge in [0.25, 0.3) is 5.91 Å². The number of likely N-dealkylation sites (tertiary alicyclic amines) is 2. The molecule has 1 aromatic carbocycles. The summed E-state index contributed by atoms with van der Waals surface area (Å²) in [4.78, 5) is 26.3. The largest absolute Gasteiger partial charge is 0.338 e. The fraction of sp³-hybridized carbons (Fsp3) is 0.621. The summed E-state index contributed by atoms with van der Waals surface area (Å²) in [7, 11) is -3.11. The molecule has 2 aromatic rings. The smallest absolute Gasteiger partial charge is 0.257 e. The van der Waals surface area contributed by atoms with Crippen molar-refractivity contribution in [1.29, 1.82) is 0 Å². The molecule has 3 atom stereocenters. The molecule has 0 bridgehead atoms. The Labute approximate surface area is 227 Å². The lowest BCUT2D eigenvalue weighted by Crippen LogP contribution is -2.41. The minimum absolute atomic E-state index is 0.0714. The van der Waals surface area contributed by atoms with Crippen LogP contribution in [-0.4, -0.2) is 90.0 Å². The van der Waals surface area contributed by atoms with Gasteiger partial charge in [-0.1, -0.05) is 30.3 Å². The first-order valence-corrected chi connectivity index (χ1v) is 15.7. The number of aryl methyl sites for hydroxylation is 2. The molecular weight excluding hydrogens is 498 g/mol. The number of fused-ring (bicyclic) bond motifs is 1. The maximum absolute atomic E-state index is 13.2. The lowest BCUT2D eigenvalue weighted by molar-refractivity contribution is 0.0771. The molecule has 9 heteroatoms. The lowest BCUT2D eigenvalue weighted by Gasteiger charge is -2.36. The van der Waals surface area contributed by atoms with E-state index in [2.05, 4.69) is 45.2 Å². The molecule has 38 heavy (non-hydrogen) atoms. The van der Waals surface area contributed by atoms with Crippen LogP contribution in [0.4, 0.5) is 0 Å². The van der Waals surface area contributed by atoms with Gasteiger partial charge in [0.1, 0.15) is 6.33 Å². The van der Waals surface area contributed by atoms with E-state index in [1.54, 1.807) is 11.2 Å².